The van der Waals surface area contributed by atoms with Gasteiger partial charge in [-0.05, 0) is 24.3 Å². The van der Waals surface area contributed by atoms with Gasteiger partial charge in [-0.15, -0.1) is 0 Å². The molecule has 120 valence electrons. The third-order valence-electron chi connectivity index (χ3n) is 3.66. The van der Waals surface area contributed by atoms with E-state index in [1.54, 1.807) is 18.2 Å². The first kappa shape index (κ1) is 15.8. The average Bonchev–Trinajstić information content (AvgIpc) is 2.97. The van der Waals surface area contributed by atoms with E-state index < -0.39 is 23.9 Å². The summed E-state index contributed by atoms with van der Waals surface area (Å²) in [6, 6.07) is 7.16. The fourth-order valence-corrected chi connectivity index (χ4v) is 2.73. The van der Waals surface area contributed by atoms with Crippen LogP contribution in [0.4, 0.5) is 14.5 Å². The maximum absolute atomic E-state index is 14.7. The number of benzene rings is 1. The Kier molecular flexibility index (Phi) is 4.54. The first-order chi connectivity index (χ1) is 11.1. The van der Waals surface area contributed by atoms with Crippen molar-refractivity contribution in [1.29, 1.82) is 0 Å². The molecular formula is C16H14ClF2N3O. The second-order valence-electron chi connectivity index (χ2n) is 5.28. The molecule has 0 radical (unpaired) electrons. The van der Waals surface area contributed by atoms with Crippen LogP contribution < -0.4 is 10.6 Å². The molecule has 1 fully saturated rings. The standard InChI is InChI=1S/C16H14ClF2N3O/c17-11-4-2-6-20-15(11)10-3-1-5-12(14(10)19)22-16(23)13-7-9(18)8-21-13/h1-6,9,13,21H,7-8H2,(H,22,23)/t9-,13+/m1/s1. The molecule has 1 aliphatic rings. The van der Waals surface area contributed by atoms with Crippen molar-refractivity contribution in [2.75, 3.05) is 11.9 Å². The molecule has 0 saturated carbocycles. The van der Waals surface area contributed by atoms with Crippen LogP contribution in [0.5, 0.6) is 0 Å². The number of pyridine rings is 1. The first-order valence-corrected chi connectivity index (χ1v) is 7.52. The van der Waals surface area contributed by atoms with Crippen LogP contribution in [0.15, 0.2) is 36.5 Å². The Balaban J connectivity index is 1.86. The highest BCUT2D eigenvalue weighted by molar-refractivity contribution is 6.33. The number of aromatic nitrogens is 1. The predicted octanol–water partition coefficient (Wildman–Crippen LogP) is 3.18. The highest BCUT2D eigenvalue weighted by Crippen LogP contribution is 2.31. The molecule has 1 saturated heterocycles. The normalized spacial score (nSPS) is 20.5. The van der Waals surface area contributed by atoms with Crippen molar-refractivity contribution in [3.63, 3.8) is 0 Å². The maximum Gasteiger partial charge on any atom is 0.241 e. The Morgan fingerprint density at radius 3 is 2.87 bits per heavy atom. The molecule has 1 aliphatic heterocycles. The number of rotatable bonds is 3. The Bertz CT molecular complexity index is 741. The molecule has 0 aliphatic carbocycles. The summed E-state index contributed by atoms with van der Waals surface area (Å²) in [5, 5.41) is 5.56. The number of halogens is 3. The van der Waals surface area contributed by atoms with Crippen molar-refractivity contribution in [3.05, 3.63) is 47.4 Å². The minimum absolute atomic E-state index is 0.0123. The van der Waals surface area contributed by atoms with E-state index >= 15 is 0 Å². The second-order valence-corrected chi connectivity index (χ2v) is 5.69. The summed E-state index contributed by atoms with van der Waals surface area (Å²) < 4.78 is 27.8. The van der Waals surface area contributed by atoms with Crippen LogP contribution in [0.3, 0.4) is 0 Å². The van der Waals surface area contributed by atoms with Crippen LogP contribution >= 0.6 is 11.6 Å². The number of hydrogen-bond donors (Lipinski definition) is 2. The summed E-state index contributed by atoms with van der Waals surface area (Å²) in [5.74, 6) is -1.09. The van der Waals surface area contributed by atoms with Gasteiger partial charge in [-0.1, -0.05) is 17.7 Å². The summed E-state index contributed by atoms with van der Waals surface area (Å²) in [7, 11) is 0. The van der Waals surface area contributed by atoms with E-state index in [0.29, 0.717) is 10.7 Å². The van der Waals surface area contributed by atoms with Gasteiger partial charge < -0.3 is 10.6 Å². The number of anilines is 1. The van der Waals surface area contributed by atoms with Gasteiger partial charge in [-0.2, -0.15) is 0 Å². The molecule has 0 unspecified atom stereocenters. The molecule has 7 heteroatoms. The monoisotopic (exact) mass is 337 g/mol. The molecular weight excluding hydrogens is 324 g/mol. The van der Waals surface area contributed by atoms with E-state index in [4.69, 9.17) is 11.6 Å². The van der Waals surface area contributed by atoms with Crippen molar-refractivity contribution in [2.24, 2.45) is 0 Å². The van der Waals surface area contributed by atoms with Crippen LogP contribution in [0.2, 0.25) is 5.02 Å². The van der Waals surface area contributed by atoms with Gasteiger partial charge in [0.1, 0.15) is 6.17 Å². The Hall–Kier alpha value is -2.05. The fourth-order valence-electron chi connectivity index (χ4n) is 2.51. The molecule has 2 heterocycles. The quantitative estimate of drug-likeness (QED) is 0.904. The zero-order chi connectivity index (χ0) is 16.4. The van der Waals surface area contributed by atoms with Gasteiger partial charge in [0, 0.05) is 24.7 Å². The largest absolute Gasteiger partial charge is 0.322 e. The lowest BCUT2D eigenvalue weighted by molar-refractivity contribution is -0.117. The minimum atomic E-state index is -1.06. The van der Waals surface area contributed by atoms with Gasteiger partial charge in [0.25, 0.3) is 0 Å². The molecule has 23 heavy (non-hydrogen) atoms. The lowest BCUT2D eigenvalue weighted by Gasteiger charge is -2.13. The van der Waals surface area contributed by atoms with Gasteiger partial charge in [0.2, 0.25) is 5.91 Å². The highest BCUT2D eigenvalue weighted by Gasteiger charge is 2.29. The van der Waals surface area contributed by atoms with Crippen LogP contribution in [-0.4, -0.2) is 29.6 Å². The van der Waals surface area contributed by atoms with Crippen molar-refractivity contribution in [3.8, 4) is 11.3 Å². The third kappa shape index (κ3) is 3.33. The minimum Gasteiger partial charge on any atom is -0.322 e. The zero-order valence-corrected chi connectivity index (χ0v) is 12.8. The van der Waals surface area contributed by atoms with Crippen molar-refractivity contribution in [2.45, 2.75) is 18.6 Å². The van der Waals surface area contributed by atoms with Crippen LogP contribution in [0.1, 0.15) is 6.42 Å². The summed E-state index contributed by atoms with van der Waals surface area (Å²) in [5.41, 5.74) is 0.500. The average molecular weight is 338 g/mol. The second kappa shape index (κ2) is 6.60. The van der Waals surface area contributed by atoms with E-state index in [9.17, 15) is 13.6 Å². The summed E-state index contributed by atoms with van der Waals surface area (Å²) in [6.45, 7) is 0.129. The summed E-state index contributed by atoms with van der Waals surface area (Å²) >= 11 is 6.04. The van der Waals surface area contributed by atoms with Crippen LogP contribution in [-0.2, 0) is 4.79 Å². The van der Waals surface area contributed by atoms with E-state index in [0.717, 1.165) is 0 Å². The number of carbonyl (C=O) groups is 1. The molecule has 1 amide bonds. The SMILES string of the molecule is O=C(Nc1cccc(-c2ncccc2Cl)c1F)[C@@H]1C[C@@H](F)CN1. The van der Waals surface area contributed by atoms with Gasteiger partial charge in [-0.3, -0.25) is 9.78 Å². The number of alkyl halides is 1. The van der Waals surface area contributed by atoms with Gasteiger partial charge in [-0.25, -0.2) is 8.78 Å². The van der Waals surface area contributed by atoms with Crippen molar-refractivity contribution in [1.82, 2.24) is 10.3 Å². The molecule has 0 bridgehead atoms. The number of amides is 1. The van der Waals surface area contributed by atoms with E-state index in [2.05, 4.69) is 15.6 Å². The van der Waals surface area contributed by atoms with Gasteiger partial charge >= 0.3 is 0 Å². The zero-order valence-electron chi connectivity index (χ0n) is 12.0. The van der Waals surface area contributed by atoms with Crippen molar-refractivity contribution >= 4 is 23.2 Å². The van der Waals surface area contributed by atoms with Crippen LogP contribution in [0, 0.1) is 5.82 Å². The number of hydrogen-bond acceptors (Lipinski definition) is 3. The molecule has 1 aromatic heterocycles. The summed E-state index contributed by atoms with van der Waals surface area (Å²) in [4.78, 5) is 16.1. The van der Waals surface area contributed by atoms with Crippen molar-refractivity contribution < 1.29 is 13.6 Å². The highest BCUT2D eigenvalue weighted by atomic mass is 35.5. The maximum atomic E-state index is 14.7. The molecule has 2 N–H and O–H groups in total. The number of nitrogens with one attached hydrogen (secondary N) is 2. The summed E-state index contributed by atoms with van der Waals surface area (Å²) in [6.07, 6.45) is 0.531. The lowest BCUT2D eigenvalue weighted by atomic mass is 10.1. The first-order valence-electron chi connectivity index (χ1n) is 7.14. The molecule has 4 nitrogen and oxygen atoms in total. The smallest absolute Gasteiger partial charge is 0.241 e. The topological polar surface area (TPSA) is 54.0 Å². The van der Waals surface area contributed by atoms with Gasteiger partial charge in [0.15, 0.2) is 5.82 Å². The van der Waals surface area contributed by atoms with Gasteiger partial charge in [0.05, 0.1) is 22.4 Å². The molecule has 2 aromatic rings. The third-order valence-corrected chi connectivity index (χ3v) is 3.97. The predicted molar refractivity (Wildman–Crippen MR) is 84.6 cm³/mol. The fraction of sp³-hybridized carbons (Fsp3) is 0.250. The molecule has 0 spiro atoms. The van der Waals surface area contributed by atoms with E-state index in [1.807, 2.05) is 0 Å². The Labute approximate surface area is 136 Å². The Morgan fingerprint density at radius 1 is 1.35 bits per heavy atom. The molecule has 3 rings (SSSR count). The van der Waals surface area contributed by atoms with E-state index in [-0.39, 0.29) is 24.2 Å². The van der Waals surface area contributed by atoms with E-state index in [1.165, 1.54) is 18.3 Å². The Morgan fingerprint density at radius 2 is 2.17 bits per heavy atom. The number of nitrogens with zero attached hydrogens (tertiary/aromatic N) is 1. The molecule has 2 atom stereocenters. The van der Waals surface area contributed by atoms with Crippen LogP contribution in [0.25, 0.3) is 11.3 Å². The molecule has 1 aromatic carbocycles. The lowest BCUT2D eigenvalue weighted by Crippen LogP contribution is -2.35. The number of carbonyl (C=O) groups excluding carboxylic acids is 1.